The summed E-state index contributed by atoms with van der Waals surface area (Å²) in [5.74, 6) is 0. The highest BCUT2D eigenvalue weighted by Gasteiger charge is 1.96. The molecule has 0 radical (unpaired) electrons. The quantitative estimate of drug-likeness (QED) is 0.279. The van der Waals surface area contributed by atoms with E-state index in [-0.39, 0.29) is 0 Å². The molecule has 1 N–H and O–H groups in total. The Morgan fingerprint density at radius 1 is 1.82 bits per heavy atom. The van der Waals surface area contributed by atoms with Crippen LogP contribution in [0.4, 0.5) is 0 Å². The van der Waals surface area contributed by atoms with Gasteiger partial charge in [-0.2, -0.15) is 10.4 Å². The average Bonchev–Trinajstić information content (AvgIpc) is 2.37. The van der Waals surface area contributed by atoms with Gasteiger partial charge in [0.15, 0.2) is 8.29 Å². The first-order chi connectivity index (χ1) is 5.33. The van der Waals surface area contributed by atoms with Crippen LogP contribution < -0.4 is 0 Å². The summed E-state index contributed by atoms with van der Waals surface area (Å²) in [6, 6.07) is 0. The van der Waals surface area contributed by atoms with E-state index in [2.05, 4.69) is 10.2 Å². The lowest BCUT2D eigenvalue weighted by Crippen LogP contribution is -1.70. The molecule has 1 rings (SSSR count). The molecule has 0 fully saturated rings. The second kappa shape index (κ2) is 4.77. The topological polar surface area (TPSA) is 52.5 Å². The third-order valence-electron chi connectivity index (χ3n) is 0.724. The zero-order valence-corrected chi connectivity index (χ0v) is 8.50. The van der Waals surface area contributed by atoms with Crippen LogP contribution in [-0.2, 0) is 0 Å². The van der Waals surface area contributed by atoms with Gasteiger partial charge in [-0.3, -0.25) is 5.10 Å². The highest BCUT2D eigenvalue weighted by Crippen LogP contribution is 2.23. The average molecular weight is 221 g/mol. The van der Waals surface area contributed by atoms with Crippen molar-refractivity contribution in [3.63, 3.8) is 0 Å². The molecule has 0 aliphatic heterocycles. The Morgan fingerprint density at radius 2 is 2.64 bits per heavy atom. The number of rotatable bonds is 3. The summed E-state index contributed by atoms with van der Waals surface area (Å²) < 4.78 is 1.56. The highest BCUT2D eigenvalue weighted by molar-refractivity contribution is 8.18. The molecule has 0 aliphatic carbocycles. The molecule has 0 amide bonds. The molecular formula is C4H3N3S4. The van der Waals surface area contributed by atoms with Gasteiger partial charge in [0, 0.05) is 0 Å². The van der Waals surface area contributed by atoms with Gasteiger partial charge in [-0.25, -0.2) is 0 Å². The number of nitrogens with one attached hydrogen (secondary N) is 1. The van der Waals surface area contributed by atoms with Crippen molar-refractivity contribution in [2.45, 2.75) is 4.34 Å². The Bertz CT molecular complexity index is 308. The molecule has 1 aromatic heterocycles. The first-order valence-electron chi connectivity index (χ1n) is 2.52. The molecule has 1 heterocycles. The van der Waals surface area contributed by atoms with Gasteiger partial charge in [0.05, 0.1) is 5.08 Å². The third kappa shape index (κ3) is 3.25. The minimum absolute atomic E-state index is 0.675. The number of H-pyrrole nitrogens is 1. The molecule has 0 aromatic carbocycles. The van der Waals surface area contributed by atoms with Crippen LogP contribution in [0, 0.1) is 14.6 Å². The lowest BCUT2D eigenvalue weighted by atomic mass is 11.6. The van der Waals surface area contributed by atoms with Crippen LogP contribution in [0.3, 0.4) is 0 Å². The molecular weight excluding hydrogens is 218 g/mol. The Hall–Kier alpha value is -0.0300. The van der Waals surface area contributed by atoms with E-state index in [1.165, 1.54) is 34.9 Å². The minimum Gasteiger partial charge on any atom is -0.257 e. The minimum atomic E-state index is 0.675. The van der Waals surface area contributed by atoms with E-state index in [4.69, 9.17) is 17.5 Å². The standard InChI is InChI=1S/C4H3N3S4/c5-1-9-2-10-4-7-6-3(8)11-4/h2H2,(H,6,8). The number of hydrogen-bond donors (Lipinski definition) is 1. The predicted molar refractivity (Wildman–Crippen MR) is 51.2 cm³/mol. The number of nitriles is 1. The molecule has 0 saturated carbocycles. The maximum atomic E-state index is 8.20. The lowest BCUT2D eigenvalue weighted by Gasteiger charge is -1.86. The van der Waals surface area contributed by atoms with Gasteiger partial charge in [0.2, 0.25) is 0 Å². The van der Waals surface area contributed by atoms with Crippen LogP contribution in [0.1, 0.15) is 0 Å². The number of aromatic amines is 1. The summed E-state index contributed by atoms with van der Waals surface area (Å²) in [7, 11) is 0. The van der Waals surface area contributed by atoms with Crippen LogP contribution in [0.5, 0.6) is 0 Å². The van der Waals surface area contributed by atoms with Crippen molar-refractivity contribution in [2.75, 3.05) is 5.08 Å². The number of aromatic nitrogens is 2. The fourth-order valence-corrected chi connectivity index (χ4v) is 3.04. The van der Waals surface area contributed by atoms with Gasteiger partial charge in [0.1, 0.15) is 5.40 Å². The lowest BCUT2D eigenvalue weighted by molar-refractivity contribution is 1.00. The first-order valence-corrected chi connectivity index (χ1v) is 5.71. The van der Waals surface area contributed by atoms with Crippen LogP contribution in [-0.4, -0.2) is 15.3 Å². The SMILES string of the molecule is N#CSCSc1n[nH]c(=S)s1. The van der Waals surface area contributed by atoms with Crippen molar-refractivity contribution in [3.8, 4) is 5.40 Å². The molecule has 0 unspecified atom stereocenters. The normalized spacial score (nSPS) is 9.36. The summed E-state index contributed by atoms with van der Waals surface area (Å²) in [4.78, 5) is 0. The second-order valence-electron chi connectivity index (χ2n) is 1.38. The van der Waals surface area contributed by atoms with E-state index in [1.807, 2.05) is 5.40 Å². The Balaban J connectivity index is 2.40. The van der Waals surface area contributed by atoms with Crippen LogP contribution in [0.2, 0.25) is 0 Å². The second-order valence-corrected chi connectivity index (χ2v) is 5.39. The summed E-state index contributed by atoms with van der Waals surface area (Å²) in [5.41, 5.74) is 0. The molecule has 0 bridgehead atoms. The van der Waals surface area contributed by atoms with Crippen molar-refractivity contribution in [2.24, 2.45) is 0 Å². The van der Waals surface area contributed by atoms with Gasteiger partial charge >= 0.3 is 0 Å². The largest absolute Gasteiger partial charge is 0.257 e. The number of thiocyanates is 1. The smallest absolute Gasteiger partial charge is 0.177 e. The summed E-state index contributed by atoms with van der Waals surface area (Å²) in [6.45, 7) is 0. The molecule has 1 aromatic rings. The zero-order valence-electron chi connectivity index (χ0n) is 5.23. The monoisotopic (exact) mass is 221 g/mol. The van der Waals surface area contributed by atoms with Crippen molar-refractivity contribution in [1.29, 1.82) is 5.26 Å². The zero-order chi connectivity index (χ0) is 8.10. The summed E-state index contributed by atoms with van der Waals surface area (Å²) in [5, 5.41) is 17.5. The Kier molecular flexibility index (Phi) is 3.93. The summed E-state index contributed by atoms with van der Waals surface area (Å²) >= 11 is 8.97. The highest BCUT2D eigenvalue weighted by atomic mass is 32.2. The number of thioether (sulfide) groups is 2. The fraction of sp³-hybridized carbons (Fsp3) is 0.250. The van der Waals surface area contributed by atoms with E-state index < -0.39 is 0 Å². The molecule has 0 aliphatic rings. The van der Waals surface area contributed by atoms with Gasteiger partial charge in [-0.15, -0.1) is 0 Å². The number of nitrogens with zero attached hydrogens (tertiary/aromatic N) is 2. The van der Waals surface area contributed by atoms with Crippen molar-refractivity contribution < 1.29 is 0 Å². The fourth-order valence-electron chi connectivity index (χ4n) is 0.384. The van der Waals surface area contributed by atoms with Gasteiger partial charge in [-0.1, -0.05) is 23.1 Å². The molecule has 0 spiro atoms. The number of hydrogen-bond acceptors (Lipinski definition) is 6. The molecule has 0 saturated heterocycles. The Labute approximate surface area is 81.2 Å². The predicted octanol–water partition coefficient (Wildman–Crippen LogP) is 2.46. The van der Waals surface area contributed by atoms with E-state index in [9.17, 15) is 0 Å². The maximum Gasteiger partial charge on any atom is 0.177 e. The third-order valence-corrected chi connectivity index (χ3v) is 3.62. The first kappa shape index (κ1) is 9.06. The van der Waals surface area contributed by atoms with E-state index in [0.29, 0.717) is 9.04 Å². The van der Waals surface area contributed by atoms with E-state index in [0.717, 1.165) is 4.34 Å². The molecule has 7 heteroatoms. The van der Waals surface area contributed by atoms with Crippen molar-refractivity contribution in [3.05, 3.63) is 3.95 Å². The molecule has 11 heavy (non-hydrogen) atoms. The molecule has 0 atom stereocenters. The van der Waals surface area contributed by atoms with Gasteiger partial charge < -0.3 is 0 Å². The van der Waals surface area contributed by atoms with Crippen LogP contribution >= 0.6 is 47.1 Å². The van der Waals surface area contributed by atoms with Crippen LogP contribution in [0.25, 0.3) is 0 Å². The summed E-state index contributed by atoms with van der Waals surface area (Å²) in [6.07, 6.45) is 0. The van der Waals surface area contributed by atoms with Crippen molar-refractivity contribution >= 4 is 47.1 Å². The molecule has 58 valence electrons. The van der Waals surface area contributed by atoms with Crippen molar-refractivity contribution in [1.82, 2.24) is 10.2 Å². The van der Waals surface area contributed by atoms with Gasteiger partial charge in [0.25, 0.3) is 0 Å². The van der Waals surface area contributed by atoms with E-state index in [1.54, 1.807) is 0 Å². The Morgan fingerprint density at radius 3 is 3.18 bits per heavy atom. The van der Waals surface area contributed by atoms with Gasteiger partial charge in [-0.05, 0) is 24.0 Å². The molecule has 3 nitrogen and oxygen atoms in total. The maximum absolute atomic E-state index is 8.20. The van der Waals surface area contributed by atoms with Crippen LogP contribution in [0.15, 0.2) is 4.34 Å². The van der Waals surface area contributed by atoms with E-state index >= 15 is 0 Å².